The first-order chi connectivity index (χ1) is 10.8. The molecule has 0 unspecified atom stereocenters. The van der Waals surface area contributed by atoms with Crippen LogP contribution in [0.1, 0.15) is 32.3 Å². The predicted octanol–water partition coefficient (Wildman–Crippen LogP) is 1.98. The minimum Gasteiger partial charge on any atom is -0.379 e. The van der Waals surface area contributed by atoms with Gasteiger partial charge in [0.2, 0.25) is 5.95 Å². The Morgan fingerprint density at radius 1 is 1.14 bits per heavy atom. The lowest BCUT2D eigenvalue weighted by Crippen LogP contribution is -2.48. The molecule has 2 saturated heterocycles. The molecule has 2 aliphatic rings. The van der Waals surface area contributed by atoms with Gasteiger partial charge in [-0.2, -0.15) is 0 Å². The Morgan fingerprint density at radius 3 is 2.36 bits per heavy atom. The van der Waals surface area contributed by atoms with Crippen molar-refractivity contribution >= 4 is 5.95 Å². The number of ether oxygens (including phenoxy) is 1. The van der Waals surface area contributed by atoms with Crippen LogP contribution < -0.4 is 4.90 Å². The zero-order valence-corrected chi connectivity index (χ0v) is 13.9. The molecule has 0 spiro atoms. The summed E-state index contributed by atoms with van der Waals surface area (Å²) in [4.78, 5) is 14.0. The van der Waals surface area contributed by atoms with Crippen molar-refractivity contribution < 1.29 is 4.74 Å². The fourth-order valence-corrected chi connectivity index (χ4v) is 3.56. The number of rotatable bonds is 4. The summed E-state index contributed by atoms with van der Waals surface area (Å²) in [6, 6.07) is 0.662. The van der Waals surface area contributed by atoms with Gasteiger partial charge in [-0.1, -0.05) is 6.92 Å². The Labute approximate surface area is 133 Å². The van der Waals surface area contributed by atoms with Crippen LogP contribution in [-0.2, 0) is 11.2 Å². The van der Waals surface area contributed by atoms with E-state index in [-0.39, 0.29) is 0 Å². The lowest BCUT2D eigenvalue weighted by Gasteiger charge is -2.41. The highest BCUT2D eigenvalue weighted by Gasteiger charge is 2.29. The number of morpholine rings is 1. The van der Waals surface area contributed by atoms with Crippen LogP contribution in [0.3, 0.4) is 0 Å². The number of hydrogen-bond donors (Lipinski definition) is 0. The van der Waals surface area contributed by atoms with Crippen molar-refractivity contribution in [2.24, 2.45) is 5.92 Å². The van der Waals surface area contributed by atoms with E-state index in [1.54, 1.807) is 0 Å². The fourth-order valence-electron chi connectivity index (χ4n) is 3.56. The second-order valence-corrected chi connectivity index (χ2v) is 6.46. The molecule has 0 amide bonds. The highest BCUT2D eigenvalue weighted by atomic mass is 16.5. The predicted molar refractivity (Wildman–Crippen MR) is 88.2 cm³/mol. The van der Waals surface area contributed by atoms with Crippen molar-refractivity contribution in [3.05, 3.63) is 18.0 Å². The van der Waals surface area contributed by atoms with E-state index in [0.717, 1.165) is 57.7 Å². The molecule has 0 radical (unpaired) electrons. The van der Waals surface area contributed by atoms with Crippen LogP contribution in [0.5, 0.6) is 0 Å². The lowest BCUT2D eigenvalue weighted by atomic mass is 9.89. The Kier molecular flexibility index (Phi) is 5.26. The minimum absolute atomic E-state index is 0.662. The molecule has 1 atom stereocenters. The molecule has 0 N–H and O–H groups in total. The minimum atomic E-state index is 0.662. The van der Waals surface area contributed by atoms with Crippen molar-refractivity contribution in [2.75, 3.05) is 44.3 Å². The monoisotopic (exact) mass is 304 g/mol. The zero-order valence-electron chi connectivity index (χ0n) is 13.9. The van der Waals surface area contributed by atoms with Crippen molar-refractivity contribution in [1.29, 1.82) is 0 Å². The molecule has 22 heavy (non-hydrogen) atoms. The molecule has 0 aliphatic carbocycles. The van der Waals surface area contributed by atoms with Gasteiger partial charge in [0.25, 0.3) is 0 Å². The molecule has 1 aromatic rings. The van der Waals surface area contributed by atoms with Crippen LogP contribution in [0.4, 0.5) is 5.95 Å². The average Bonchev–Trinajstić information content (AvgIpc) is 2.62. The number of piperidine rings is 1. The second kappa shape index (κ2) is 7.38. The first-order valence-electron chi connectivity index (χ1n) is 8.65. The summed E-state index contributed by atoms with van der Waals surface area (Å²) < 4.78 is 5.46. The third-order valence-corrected chi connectivity index (χ3v) is 5.23. The van der Waals surface area contributed by atoms with Gasteiger partial charge in [0.15, 0.2) is 0 Å². The summed E-state index contributed by atoms with van der Waals surface area (Å²) in [7, 11) is 0. The smallest absolute Gasteiger partial charge is 0.225 e. The molecule has 3 heterocycles. The van der Waals surface area contributed by atoms with Gasteiger partial charge >= 0.3 is 0 Å². The van der Waals surface area contributed by atoms with Gasteiger partial charge in [-0.15, -0.1) is 0 Å². The number of nitrogens with zero attached hydrogens (tertiary/aromatic N) is 4. The molecule has 0 saturated carbocycles. The standard InChI is InChI=1S/C17H28N4O/c1-3-15-12-18-17(19-13-15)21-6-4-16(5-7-21)14(2)20-8-10-22-11-9-20/h12-14,16H,3-11H2,1-2H3/t14-/m0/s1. The Hall–Kier alpha value is -1.20. The van der Waals surface area contributed by atoms with E-state index in [2.05, 4.69) is 33.6 Å². The van der Waals surface area contributed by atoms with Crippen molar-refractivity contribution in [1.82, 2.24) is 14.9 Å². The molecule has 122 valence electrons. The molecule has 3 rings (SSSR count). The van der Waals surface area contributed by atoms with Gasteiger partial charge in [-0.05, 0) is 37.7 Å². The van der Waals surface area contributed by atoms with Gasteiger partial charge in [-0.3, -0.25) is 4.90 Å². The van der Waals surface area contributed by atoms with Crippen LogP contribution in [0.15, 0.2) is 12.4 Å². The quantitative estimate of drug-likeness (QED) is 0.851. The van der Waals surface area contributed by atoms with E-state index < -0.39 is 0 Å². The van der Waals surface area contributed by atoms with E-state index in [0.29, 0.717) is 6.04 Å². The van der Waals surface area contributed by atoms with E-state index in [9.17, 15) is 0 Å². The normalized spacial score (nSPS) is 22.7. The maximum absolute atomic E-state index is 5.46. The molecule has 0 aromatic carbocycles. The van der Waals surface area contributed by atoms with E-state index in [1.807, 2.05) is 12.4 Å². The number of aryl methyl sites for hydroxylation is 1. The van der Waals surface area contributed by atoms with Crippen LogP contribution in [0, 0.1) is 5.92 Å². The Balaban J connectivity index is 1.52. The molecule has 2 fully saturated rings. The van der Waals surface area contributed by atoms with Crippen LogP contribution in [0.25, 0.3) is 0 Å². The van der Waals surface area contributed by atoms with Crippen LogP contribution in [0.2, 0.25) is 0 Å². The highest BCUT2D eigenvalue weighted by Crippen LogP contribution is 2.26. The number of aromatic nitrogens is 2. The van der Waals surface area contributed by atoms with Crippen molar-refractivity contribution in [2.45, 2.75) is 39.2 Å². The summed E-state index contributed by atoms with van der Waals surface area (Å²) in [5.74, 6) is 1.68. The SMILES string of the molecule is CCc1cnc(N2CCC([C@H](C)N3CCOCC3)CC2)nc1. The third-order valence-electron chi connectivity index (χ3n) is 5.23. The van der Waals surface area contributed by atoms with Crippen LogP contribution >= 0.6 is 0 Å². The topological polar surface area (TPSA) is 41.5 Å². The summed E-state index contributed by atoms with van der Waals surface area (Å²) >= 11 is 0. The van der Waals surface area contributed by atoms with Crippen LogP contribution in [-0.4, -0.2) is 60.3 Å². The van der Waals surface area contributed by atoms with Gasteiger partial charge < -0.3 is 9.64 Å². The summed E-state index contributed by atoms with van der Waals surface area (Å²) in [5, 5.41) is 0. The van der Waals surface area contributed by atoms with Gasteiger partial charge in [0, 0.05) is 44.6 Å². The molecule has 1 aromatic heterocycles. The first-order valence-corrected chi connectivity index (χ1v) is 8.65. The fraction of sp³-hybridized carbons (Fsp3) is 0.765. The third kappa shape index (κ3) is 3.58. The van der Waals surface area contributed by atoms with Gasteiger partial charge in [0.05, 0.1) is 13.2 Å². The maximum Gasteiger partial charge on any atom is 0.225 e. The maximum atomic E-state index is 5.46. The molecular weight excluding hydrogens is 276 g/mol. The first kappa shape index (κ1) is 15.7. The number of hydrogen-bond acceptors (Lipinski definition) is 5. The average molecular weight is 304 g/mol. The number of anilines is 1. The lowest BCUT2D eigenvalue weighted by molar-refractivity contribution is 0.00446. The van der Waals surface area contributed by atoms with Crippen molar-refractivity contribution in [3.8, 4) is 0 Å². The zero-order chi connectivity index (χ0) is 15.4. The summed E-state index contributed by atoms with van der Waals surface area (Å²) in [5.41, 5.74) is 1.21. The van der Waals surface area contributed by atoms with Gasteiger partial charge in [-0.25, -0.2) is 9.97 Å². The van der Waals surface area contributed by atoms with E-state index >= 15 is 0 Å². The largest absolute Gasteiger partial charge is 0.379 e. The van der Waals surface area contributed by atoms with E-state index in [4.69, 9.17) is 4.74 Å². The molecule has 5 heteroatoms. The second-order valence-electron chi connectivity index (χ2n) is 6.46. The van der Waals surface area contributed by atoms with Gasteiger partial charge in [0.1, 0.15) is 0 Å². The molecule has 0 bridgehead atoms. The summed E-state index contributed by atoms with van der Waals surface area (Å²) in [6.45, 7) is 10.6. The van der Waals surface area contributed by atoms with Crippen molar-refractivity contribution in [3.63, 3.8) is 0 Å². The Morgan fingerprint density at radius 2 is 1.77 bits per heavy atom. The molecule has 2 aliphatic heterocycles. The highest BCUT2D eigenvalue weighted by molar-refractivity contribution is 5.30. The van der Waals surface area contributed by atoms with E-state index in [1.165, 1.54) is 18.4 Å². The molecular formula is C17H28N4O. The molecule has 5 nitrogen and oxygen atoms in total. The Bertz CT molecular complexity index is 450. The summed E-state index contributed by atoms with van der Waals surface area (Å²) in [6.07, 6.45) is 7.39.